The molecule has 0 heterocycles. The van der Waals surface area contributed by atoms with Gasteiger partial charge in [0.2, 0.25) is 0 Å². The lowest BCUT2D eigenvalue weighted by atomic mass is 10.2. The molecule has 1 fully saturated rings. The number of nitrogens with one attached hydrogen (secondary N) is 1. The second kappa shape index (κ2) is 7.63. The van der Waals surface area contributed by atoms with Crippen LogP contribution in [0.2, 0.25) is 0 Å². The minimum atomic E-state index is -0.155. The second-order valence-corrected chi connectivity index (χ2v) is 4.50. The first kappa shape index (κ1) is 13.5. The van der Waals surface area contributed by atoms with Crippen molar-refractivity contribution in [1.82, 2.24) is 5.32 Å². The molecule has 1 unspecified atom stereocenters. The standard InChI is InChI=1S/C12H23NO3/c1-10(12(14)15-2)8-13-6-3-7-16-9-11-4-5-11/h10-11,13H,3-9H2,1-2H3. The van der Waals surface area contributed by atoms with Crippen LogP contribution in [0.4, 0.5) is 0 Å². The molecule has 0 aromatic heterocycles. The van der Waals surface area contributed by atoms with Gasteiger partial charge >= 0.3 is 5.97 Å². The van der Waals surface area contributed by atoms with Crippen LogP contribution in [0.1, 0.15) is 26.2 Å². The summed E-state index contributed by atoms with van der Waals surface area (Å²) in [6.45, 7) is 5.18. The topological polar surface area (TPSA) is 47.6 Å². The first-order valence-corrected chi connectivity index (χ1v) is 6.10. The zero-order valence-corrected chi connectivity index (χ0v) is 10.3. The van der Waals surface area contributed by atoms with Crippen molar-refractivity contribution in [3.63, 3.8) is 0 Å². The van der Waals surface area contributed by atoms with Crippen LogP contribution in [-0.2, 0) is 14.3 Å². The summed E-state index contributed by atoms with van der Waals surface area (Å²) in [6.07, 6.45) is 3.68. The van der Waals surface area contributed by atoms with Crippen molar-refractivity contribution < 1.29 is 14.3 Å². The Morgan fingerprint density at radius 1 is 1.50 bits per heavy atom. The lowest BCUT2D eigenvalue weighted by molar-refractivity contribution is -0.144. The molecule has 0 bridgehead atoms. The third-order valence-corrected chi connectivity index (χ3v) is 2.75. The Balaban J connectivity index is 1.81. The molecule has 1 aliphatic carbocycles. The molecule has 16 heavy (non-hydrogen) atoms. The molecule has 1 aliphatic rings. The van der Waals surface area contributed by atoms with Gasteiger partial charge in [-0.3, -0.25) is 4.79 Å². The number of hydrogen-bond donors (Lipinski definition) is 1. The van der Waals surface area contributed by atoms with E-state index in [1.165, 1.54) is 20.0 Å². The van der Waals surface area contributed by atoms with Crippen LogP contribution in [0.15, 0.2) is 0 Å². The van der Waals surface area contributed by atoms with Gasteiger partial charge in [-0.25, -0.2) is 0 Å². The molecule has 0 aromatic carbocycles. The van der Waals surface area contributed by atoms with Crippen molar-refractivity contribution in [2.24, 2.45) is 11.8 Å². The molecular weight excluding hydrogens is 206 g/mol. The molecule has 1 rings (SSSR count). The maximum atomic E-state index is 11.1. The summed E-state index contributed by atoms with van der Waals surface area (Å²) in [7, 11) is 1.42. The van der Waals surface area contributed by atoms with Gasteiger partial charge in [-0.15, -0.1) is 0 Å². The lowest BCUT2D eigenvalue weighted by Crippen LogP contribution is -2.28. The van der Waals surface area contributed by atoms with Crippen molar-refractivity contribution in [1.29, 1.82) is 0 Å². The van der Waals surface area contributed by atoms with Gasteiger partial charge in [0, 0.05) is 19.8 Å². The molecule has 0 aliphatic heterocycles. The highest BCUT2D eigenvalue weighted by molar-refractivity contribution is 5.71. The van der Waals surface area contributed by atoms with Gasteiger partial charge in [0.05, 0.1) is 13.0 Å². The summed E-state index contributed by atoms with van der Waals surface area (Å²) in [5, 5.41) is 3.22. The highest BCUT2D eigenvalue weighted by Crippen LogP contribution is 2.28. The van der Waals surface area contributed by atoms with Crippen LogP contribution in [0.25, 0.3) is 0 Å². The van der Waals surface area contributed by atoms with Crippen molar-refractivity contribution in [3.05, 3.63) is 0 Å². The Morgan fingerprint density at radius 2 is 2.25 bits per heavy atom. The molecule has 1 saturated carbocycles. The largest absolute Gasteiger partial charge is 0.469 e. The van der Waals surface area contributed by atoms with E-state index < -0.39 is 0 Å². The summed E-state index contributed by atoms with van der Waals surface area (Å²) in [6, 6.07) is 0. The number of ether oxygens (including phenoxy) is 2. The Bertz CT molecular complexity index is 204. The maximum absolute atomic E-state index is 11.1. The normalized spacial score (nSPS) is 17.1. The van der Waals surface area contributed by atoms with E-state index >= 15 is 0 Å². The van der Waals surface area contributed by atoms with Crippen molar-refractivity contribution >= 4 is 5.97 Å². The van der Waals surface area contributed by atoms with E-state index in [1.807, 2.05) is 6.92 Å². The Morgan fingerprint density at radius 3 is 2.88 bits per heavy atom. The summed E-state index contributed by atoms with van der Waals surface area (Å²) in [5.74, 6) is 0.613. The molecule has 1 atom stereocenters. The minimum absolute atomic E-state index is 0.0719. The molecule has 94 valence electrons. The average molecular weight is 229 g/mol. The van der Waals surface area contributed by atoms with E-state index in [1.54, 1.807) is 0 Å². The molecule has 4 nitrogen and oxygen atoms in total. The fourth-order valence-electron chi connectivity index (χ4n) is 1.44. The number of rotatable bonds is 9. The number of esters is 1. The Hall–Kier alpha value is -0.610. The van der Waals surface area contributed by atoms with Gasteiger partial charge in [0.25, 0.3) is 0 Å². The highest BCUT2D eigenvalue weighted by atomic mass is 16.5. The van der Waals surface area contributed by atoms with Crippen LogP contribution in [0.3, 0.4) is 0 Å². The SMILES string of the molecule is COC(=O)C(C)CNCCCOCC1CC1. The molecular formula is C12H23NO3. The Labute approximate surface area is 97.7 Å². The molecule has 0 amide bonds. The van der Waals surface area contributed by atoms with Crippen molar-refractivity contribution in [2.45, 2.75) is 26.2 Å². The van der Waals surface area contributed by atoms with E-state index in [2.05, 4.69) is 10.1 Å². The number of methoxy groups -OCH3 is 1. The van der Waals surface area contributed by atoms with Gasteiger partial charge in [-0.05, 0) is 31.7 Å². The van der Waals surface area contributed by atoms with E-state index in [4.69, 9.17) is 4.74 Å². The van der Waals surface area contributed by atoms with Crippen LogP contribution in [0.5, 0.6) is 0 Å². The zero-order chi connectivity index (χ0) is 11.8. The average Bonchev–Trinajstić information content (AvgIpc) is 3.10. The third kappa shape index (κ3) is 6.08. The summed E-state index contributed by atoms with van der Waals surface area (Å²) < 4.78 is 10.1. The maximum Gasteiger partial charge on any atom is 0.309 e. The quantitative estimate of drug-likeness (QED) is 0.477. The molecule has 0 saturated heterocycles. The first-order chi connectivity index (χ1) is 7.74. The van der Waals surface area contributed by atoms with Crippen molar-refractivity contribution in [3.8, 4) is 0 Å². The summed E-state index contributed by atoms with van der Waals surface area (Å²) in [4.78, 5) is 11.1. The molecule has 0 spiro atoms. The van der Waals surface area contributed by atoms with Gasteiger partial charge in [-0.1, -0.05) is 6.92 Å². The lowest BCUT2D eigenvalue weighted by Gasteiger charge is -2.10. The summed E-state index contributed by atoms with van der Waals surface area (Å²) in [5.41, 5.74) is 0. The van der Waals surface area contributed by atoms with Crippen LogP contribution >= 0.6 is 0 Å². The minimum Gasteiger partial charge on any atom is -0.469 e. The third-order valence-electron chi connectivity index (χ3n) is 2.75. The van der Waals surface area contributed by atoms with Crippen LogP contribution < -0.4 is 5.32 Å². The number of carbonyl (C=O) groups excluding carboxylic acids is 1. The van der Waals surface area contributed by atoms with E-state index in [9.17, 15) is 4.79 Å². The van der Waals surface area contributed by atoms with Crippen molar-refractivity contribution in [2.75, 3.05) is 33.4 Å². The van der Waals surface area contributed by atoms with Gasteiger partial charge in [-0.2, -0.15) is 0 Å². The van der Waals surface area contributed by atoms with Crippen LogP contribution in [0, 0.1) is 11.8 Å². The molecule has 4 heteroatoms. The van der Waals surface area contributed by atoms with Gasteiger partial charge < -0.3 is 14.8 Å². The van der Waals surface area contributed by atoms with Gasteiger partial charge in [0.15, 0.2) is 0 Å². The fourth-order valence-corrected chi connectivity index (χ4v) is 1.44. The van der Waals surface area contributed by atoms with E-state index in [-0.39, 0.29) is 11.9 Å². The highest BCUT2D eigenvalue weighted by Gasteiger charge is 2.20. The second-order valence-electron chi connectivity index (χ2n) is 4.50. The zero-order valence-electron chi connectivity index (χ0n) is 10.3. The predicted octanol–water partition coefficient (Wildman–Crippen LogP) is 1.20. The monoisotopic (exact) mass is 229 g/mol. The Kier molecular flexibility index (Phi) is 6.42. The molecule has 0 radical (unpaired) electrons. The fraction of sp³-hybridized carbons (Fsp3) is 0.917. The van der Waals surface area contributed by atoms with Crippen LogP contribution in [-0.4, -0.2) is 39.4 Å². The first-order valence-electron chi connectivity index (χ1n) is 6.10. The molecule has 1 N–H and O–H groups in total. The summed E-state index contributed by atoms with van der Waals surface area (Å²) >= 11 is 0. The predicted molar refractivity (Wildman–Crippen MR) is 62.2 cm³/mol. The number of hydrogen-bond acceptors (Lipinski definition) is 4. The smallest absolute Gasteiger partial charge is 0.309 e. The molecule has 0 aromatic rings. The van der Waals surface area contributed by atoms with E-state index in [0.29, 0.717) is 6.54 Å². The van der Waals surface area contributed by atoms with E-state index in [0.717, 1.165) is 32.1 Å². The number of carbonyl (C=O) groups is 1. The van der Waals surface area contributed by atoms with Gasteiger partial charge in [0.1, 0.15) is 0 Å².